The van der Waals surface area contributed by atoms with Crippen LogP contribution in [-0.2, 0) is 20.7 Å². The maximum Gasteiger partial charge on any atom is 0.222 e. The number of hydrogen-bond donors (Lipinski definition) is 0. The van der Waals surface area contributed by atoms with Gasteiger partial charge in [0.2, 0.25) is 5.91 Å². The number of amides is 1. The molecular formula is C20H24N2O4S. The summed E-state index contributed by atoms with van der Waals surface area (Å²) in [5, 5.41) is 2.99. The summed E-state index contributed by atoms with van der Waals surface area (Å²) >= 11 is 1.60. The number of aromatic nitrogens is 1. The van der Waals surface area contributed by atoms with Gasteiger partial charge in [0.15, 0.2) is 5.79 Å². The average molecular weight is 388 g/mol. The molecule has 2 aromatic rings. The summed E-state index contributed by atoms with van der Waals surface area (Å²) in [6.45, 7) is 2.72. The lowest BCUT2D eigenvalue weighted by Gasteiger charge is -2.37. The molecule has 0 N–H and O–H groups in total. The summed E-state index contributed by atoms with van der Waals surface area (Å²) in [5.41, 5.74) is 2.00. The van der Waals surface area contributed by atoms with Crippen LogP contribution in [0.4, 0.5) is 0 Å². The Hall–Kier alpha value is -1.96. The van der Waals surface area contributed by atoms with E-state index in [9.17, 15) is 4.79 Å². The fraction of sp³-hybridized carbons (Fsp3) is 0.500. The lowest BCUT2D eigenvalue weighted by atomic mass is 10.0. The molecule has 0 unspecified atom stereocenters. The van der Waals surface area contributed by atoms with Gasteiger partial charge < -0.3 is 19.1 Å². The molecule has 2 aliphatic rings. The lowest BCUT2D eigenvalue weighted by Crippen LogP contribution is -2.47. The number of rotatable bonds is 5. The fourth-order valence-electron chi connectivity index (χ4n) is 3.59. The monoisotopic (exact) mass is 388 g/mol. The van der Waals surface area contributed by atoms with E-state index in [0.29, 0.717) is 39.1 Å². The Morgan fingerprint density at radius 2 is 2.07 bits per heavy atom. The summed E-state index contributed by atoms with van der Waals surface area (Å²) in [4.78, 5) is 19.1. The molecule has 1 spiro atoms. The molecule has 27 heavy (non-hydrogen) atoms. The maximum absolute atomic E-state index is 12.5. The molecule has 1 aromatic carbocycles. The van der Waals surface area contributed by atoms with E-state index in [1.807, 2.05) is 34.5 Å². The number of carbonyl (C=O) groups is 1. The zero-order chi connectivity index (χ0) is 18.7. The van der Waals surface area contributed by atoms with Gasteiger partial charge in [-0.15, -0.1) is 11.3 Å². The molecule has 4 rings (SSSR count). The van der Waals surface area contributed by atoms with Gasteiger partial charge in [0.05, 0.1) is 26.0 Å². The third-order valence-electron chi connectivity index (χ3n) is 5.15. The number of aryl methyl sites for hydroxylation is 1. The molecule has 2 aliphatic heterocycles. The Morgan fingerprint density at radius 3 is 2.81 bits per heavy atom. The van der Waals surface area contributed by atoms with Crippen molar-refractivity contribution in [2.45, 2.75) is 31.5 Å². The van der Waals surface area contributed by atoms with Gasteiger partial charge >= 0.3 is 0 Å². The SMILES string of the molecule is COc1cccc(-c2nc(CCC(=O)N3CCC4(CC3)OCCO4)cs2)c1. The summed E-state index contributed by atoms with van der Waals surface area (Å²) < 4.78 is 16.7. The number of ether oxygens (including phenoxy) is 3. The second-order valence-electron chi connectivity index (χ2n) is 6.86. The van der Waals surface area contributed by atoms with Crippen molar-refractivity contribution in [2.75, 3.05) is 33.4 Å². The van der Waals surface area contributed by atoms with E-state index >= 15 is 0 Å². The summed E-state index contributed by atoms with van der Waals surface area (Å²) in [7, 11) is 1.66. The Labute approximate surface area is 163 Å². The molecule has 3 heterocycles. The van der Waals surface area contributed by atoms with Gasteiger partial charge in [-0.1, -0.05) is 12.1 Å². The van der Waals surface area contributed by atoms with Gasteiger partial charge in [0.25, 0.3) is 0 Å². The second-order valence-corrected chi connectivity index (χ2v) is 7.72. The minimum atomic E-state index is -0.433. The van der Waals surface area contributed by atoms with Crippen molar-refractivity contribution in [3.63, 3.8) is 0 Å². The molecule has 2 fully saturated rings. The quantitative estimate of drug-likeness (QED) is 0.788. The molecular weight excluding hydrogens is 364 g/mol. The second kappa shape index (κ2) is 7.96. The highest BCUT2D eigenvalue weighted by atomic mass is 32.1. The van der Waals surface area contributed by atoms with Gasteiger partial charge in [0, 0.05) is 43.3 Å². The highest BCUT2D eigenvalue weighted by Gasteiger charge is 2.40. The zero-order valence-electron chi connectivity index (χ0n) is 15.5. The van der Waals surface area contributed by atoms with E-state index in [1.165, 1.54) is 0 Å². The highest BCUT2D eigenvalue weighted by molar-refractivity contribution is 7.13. The molecule has 144 valence electrons. The molecule has 2 saturated heterocycles. The molecule has 1 aromatic heterocycles. The first-order valence-electron chi connectivity index (χ1n) is 9.32. The van der Waals surface area contributed by atoms with E-state index in [4.69, 9.17) is 14.2 Å². The van der Waals surface area contributed by atoms with Crippen molar-refractivity contribution >= 4 is 17.2 Å². The van der Waals surface area contributed by atoms with Crippen molar-refractivity contribution < 1.29 is 19.0 Å². The molecule has 0 saturated carbocycles. The van der Waals surface area contributed by atoms with E-state index in [1.54, 1.807) is 18.4 Å². The van der Waals surface area contributed by atoms with Gasteiger partial charge in [-0.2, -0.15) is 0 Å². The standard InChI is InChI=1S/C20H24N2O4S/c1-24-17-4-2-3-15(13-17)19-21-16(14-27-19)5-6-18(23)22-9-7-20(8-10-22)25-11-12-26-20/h2-4,13-14H,5-12H2,1H3. The Kier molecular flexibility index (Phi) is 5.43. The number of methoxy groups -OCH3 is 1. The smallest absolute Gasteiger partial charge is 0.222 e. The number of likely N-dealkylation sites (tertiary alicyclic amines) is 1. The van der Waals surface area contributed by atoms with Gasteiger partial charge in [-0.25, -0.2) is 4.98 Å². The van der Waals surface area contributed by atoms with Crippen LogP contribution in [0.25, 0.3) is 10.6 Å². The number of thiazole rings is 1. The van der Waals surface area contributed by atoms with Crippen LogP contribution in [0.1, 0.15) is 25.0 Å². The Bertz CT molecular complexity index is 791. The van der Waals surface area contributed by atoms with Crippen molar-refractivity contribution in [2.24, 2.45) is 0 Å². The summed E-state index contributed by atoms with van der Waals surface area (Å²) in [5.74, 6) is 0.563. The predicted octanol–water partition coefficient (Wildman–Crippen LogP) is 3.12. The minimum Gasteiger partial charge on any atom is -0.497 e. The number of hydrogen-bond acceptors (Lipinski definition) is 6. The van der Waals surface area contributed by atoms with Gasteiger partial charge in [-0.3, -0.25) is 4.79 Å². The van der Waals surface area contributed by atoms with E-state index in [2.05, 4.69) is 4.98 Å². The van der Waals surface area contributed by atoms with Crippen LogP contribution >= 0.6 is 11.3 Å². The molecule has 0 radical (unpaired) electrons. The molecule has 6 nitrogen and oxygen atoms in total. The first-order chi connectivity index (χ1) is 13.2. The Morgan fingerprint density at radius 1 is 1.30 bits per heavy atom. The largest absolute Gasteiger partial charge is 0.497 e. The number of carbonyl (C=O) groups excluding carboxylic acids is 1. The van der Waals surface area contributed by atoms with Crippen molar-refractivity contribution in [1.29, 1.82) is 0 Å². The van der Waals surface area contributed by atoms with Crippen LogP contribution in [0.15, 0.2) is 29.6 Å². The highest BCUT2D eigenvalue weighted by Crippen LogP contribution is 2.31. The molecule has 1 amide bonds. The average Bonchev–Trinajstić information content (AvgIpc) is 3.37. The molecule has 7 heteroatoms. The van der Waals surface area contributed by atoms with Crippen molar-refractivity contribution in [3.8, 4) is 16.3 Å². The zero-order valence-corrected chi connectivity index (χ0v) is 16.3. The van der Waals surface area contributed by atoms with Crippen LogP contribution in [0.3, 0.4) is 0 Å². The van der Waals surface area contributed by atoms with Gasteiger partial charge in [-0.05, 0) is 18.6 Å². The molecule has 0 bridgehead atoms. The number of nitrogens with zero attached hydrogens (tertiary/aromatic N) is 2. The van der Waals surface area contributed by atoms with Crippen LogP contribution in [0.5, 0.6) is 5.75 Å². The third kappa shape index (κ3) is 4.15. The van der Waals surface area contributed by atoms with E-state index in [0.717, 1.165) is 34.9 Å². The molecule has 0 aliphatic carbocycles. The van der Waals surface area contributed by atoms with E-state index in [-0.39, 0.29) is 5.91 Å². The van der Waals surface area contributed by atoms with Crippen LogP contribution in [0.2, 0.25) is 0 Å². The summed E-state index contributed by atoms with van der Waals surface area (Å²) in [6.07, 6.45) is 2.66. The van der Waals surface area contributed by atoms with Crippen LogP contribution in [0, 0.1) is 0 Å². The normalized spacial score (nSPS) is 18.8. The van der Waals surface area contributed by atoms with Gasteiger partial charge in [0.1, 0.15) is 10.8 Å². The summed E-state index contributed by atoms with van der Waals surface area (Å²) in [6, 6.07) is 7.87. The topological polar surface area (TPSA) is 60.9 Å². The Balaban J connectivity index is 1.30. The van der Waals surface area contributed by atoms with Crippen LogP contribution < -0.4 is 4.74 Å². The minimum absolute atomic E-state index is 0.179. The predicted molar refractivity (Wildman–Crippen MR) is 103 cm³/mol. The van der Waals surface area contributed by atoms with Crippen LogP contribution in [-0.4, -0.2) is 55.0 Å². The number of piperidine rings is 1. The van der Waals surface area contributed by atoms with E-state index < -0.39 is 5.79 Å². The van der Waals surface area contributed by atoms with Crippen molar-refractivity contribution in [1.82, 2.24) is 9.88 Å². The fourth-order valence-corrected chi connectivity index (χ4v) is 4.44. The maximum atomic E-state index is 12.5. The first kappa shape index (κ1) is 18.4. The first-order valence-corrected chi connectivity index (χ1v) is 10.2. The van der Waals surface area contributed by atoms with Crippen molar-refractivity contribution in [3.05, 3.63) is 35.3 Å². The number of benzene rings is 1. The molecule has 0 atom stereocenters. The third-order valence-corrected chi connectivity index (χ3v) is 6.10. The lowest BCUT2D eigenvalue weighted by molar-refractivity contribution is -0.187.